The van der Waals surface area contributed by atoms with E-state index in [1.54, 1.807) is 20.0 Å². The molecule has 2 aromatic heterocycles. The zero-order valence-corrected chi connectivity index (χ0v) is 13.3. The van der Waals surface area contributed by atoms with E-state index in [4.69, 9.17) is 0 Å². The average molecular weight is 322 g/mol. The van der Waals surface area contributed by atoms with Gasteiger partial charge >= 0.3 is 0 Å². The highest BCUT2D eigenvalue weighted by Crippen LogP contribution is 2.36. The van der Waals surface area contributed by atoms with E-state index in [0.717, 1.165) is 18.5 Å². The van der Waals surface area contributed by atoms with E-state index in [1.807, 2.05) is 0 Å². The fourth-order valence-corrected chi connectivity index (χ4v) is 4.30. The topological polar surface area (TPSA) is 104 Å². The molecule has 2 N–H and O–H groups in total. The molecular formula is C13H18N6O2S. The second-order valence-electron chi connectivity index (χ2n) is 5.18. The molecule has 9 heteroatoms. The quantitative estimate of drug-likeness (QED) is 0.873. The molecule has 1 aliphatic heterocycles. The molecule has 0 radical (unpaired) electrons. The molecule has 0 spiro atoms. The lowest BCUT2D eigenvalue weighted by molar-refractivity contribution is 0.390. The number of hydrogen-bond donors (Lipinski definition) is 2. The number of nitrogens with zero attached hydrogens (tertiary/aromatic N) is 4. The van der Waals surface area contributed by atoms with Crippen molar-refractivity contribution in [2.24, 2.45) is 0 Å². The minimum Gasteiger partial charge on any atom is -0.373 e. The van der Waals surface area contributed by atoms with Crippen molar-refractivity contribution in [1.29, 1.82) is 0 Å². The van der Waals surface area contributed by atoms with Gasteiger partial charge < -0.3 is 5.32 Å². The molecule has 1 atom stereocenters. The zero-order valence-electron chi connectivity index (χ0n) is 12.4. The van der Waals surface area contributed by atoms with Crippen LogP contribution in [0, 0.1) is 6.92 Å². The van der Waals surface area contributed by atoms with E-state index in [0.29, 0.717) is 18.2 Å². The summed E-state index contributed by atoms with van der Waals surface area (Å²) in [5.74, 6) is 1.31. The van der Waals surface area contributed by atoms with Gasteiger partial charge in [-0.15, -0.1) is 0 Å². The molecule has 0 unspecified atom stereocenters. The standard InChI is InChI=1S/C13H18N6O2S/c1-9-17-11(6-13(14-2)18-9)12-4-3-5-19(12)22(20,21)10-7-15-16-8-10/h6-8,12H,3-5H2,1-2H3,(H,15,16)(H,14,17,18)/t12-/m0/s1. The van der Waals surface area contributed by atoms with Gasteiger partial charge in [0.1, 0.15) is 16.5 Å². The maximum absolute atomic E-state index is 12.7. The Morgan fingerprint density at radius 2 is 2.23 bits per heavy atom. The molecule has 118 valence electrons. The number of hydrogen-bond acceptors (Lipinski definition) is 6. The smallest absolute Gasteiger partial charge is 0.246 e. The number of rotatable bonds is 4. The Morgan fingerprint density at radius 3 is 2.91 bits per heavy atom. The van der Waals surface area contributed by atoms with Crippen LogP contribution in [0.5, 0.6) is 0 Å². The molecule has 0 aromatic carbocycles. The van der Waals surface area contributed by atoms with Gasteiger partial charge in [0.05, 0.1) is 17.9 Å². The van der Waals surface area contributed by atoms with Crippen LogP contribution in [0.2, 0.25) is 0 Å². The van der Waals surface area contributed by atoms with Gasteiger partial charge in [-0.1, -0.05) is 0 Å². The van der Waals surface area contributed by atoms with E-state index in [9.17, 15) is 8.42 Å². The van der Waals surface area contributed by atoms with Crippen molar-refractivity contribution in [3.05, 3.63) is 30.0 Å². The van der Waals surface area contributed by atoms with Crippen LogP contribution in [0.1, 0.15) is 30.4 Å². The highest BCUT2D eigenvalue weighted by Gasteiger charge is 2.37. The number of sulfonamides is 1. The molecule has 1 fully saturated rings. The monoisotopic (exact) mass is 322 g/mol. The number of aromatic nitrogens is 4. The van der Waals surface area contributed by atoms with Gasteiger partial charge in [0, 0.05) is 25.9 Å². The van der Waals surface area contributed by atoms with E-state index in [-0.39, 0.29) is 10.9 Å². The van der Waals surface area contributed by atoms with Crippen molar-refractivity contribution in [3.63, 3.8) is 0 Å². The summed E-state index contributed by atoms with van der Waals surface area (Å²) in [6, 6.07) is 1.54. The molecular weight excluding hydrogens is 304 g/mol. The first-order valence-electron chi connectivity index (χ1n) is 7.06. The predicted octanol–water partition coefficient (Wildman–Crippen LogP) is 1.08. The van der Waals surface area contributed by atoms with Crippen LogP contribution in [0.25, 0.3) is 0 Å². The molecule has 3 heterocycles. The van der Waals surface area contributed by atoms with Gasteiger partial charge in [0.25, 0.3) is 0 Å². The van der Waals surface area contributed by atoms with Crippen molar-refractivity contribution in [1.82, 2.24) is 24.5 Å². The summed E-state index contributed by atoms with van der Waals surface area (Å²) in [5.41, 5.74) is 0.724. The summed E-state index contributed by atoms with van der Waals surface area (Å²) in [5, 5.41) is 9.26. The van der Waals surface area contributed by atoms with E-state index in [1.165, 1.54) is 16.7 Å². The summed E-state index contributed by atoms with van der Waals surface area (Å²) in [6.07, 6.45) is 4.28. The predicted molar refractivity (Wildman–Crippen MR) is 80.8 cm³/mol. The van der Waals surface area contributed by atoms with Crippen molar-refractivity contribution >= 4 is 15.8 Å². The number of nitrogens with one attached hydrogen (secondary N) is 2. The van der Waals surface area contributed by atoms with E-state index >= 15 is 0 Å². The van der Waals surface area contributed by atoms with Gasteiger partial charge in [-0.05, 0) is 19.8 Å². The first kappa shape index (κ1) is 14.9. The maximum atomic E-state index is 12.7. The third-order valence-corrected chi connectivity index (χ3v) is 5.61. The molecule has 1 aliphatic rings. The minimum atomic E-state index is -3.57. The minimum absolute atomic E-state index is 0.180. The number of anilines is 1. The Kier molecular flexibility index (Phi) is 3.83. The first-order valence-corrected chi connectivity index (χ1v) is 8.50. The Bertz CT molecular complexity index is 759. The lowest BCUT2D eigenvalue weighted by atomic mass is 10.1. The third-order valence-electron chi connectivity index (χ3n) is 3.74. The highest BCUT2D eigenvalue weighted by atomic mass is 32.2. The van der Waals surface area contributed by atoms with Crippen molar-refractivity contribution < 1.29 is 8.42 Å². The maximum Gasteiger partial charge on any atom is 0.246 e. The molecule has 0 saturated carbocycles. The van der Waals surface area contributed by atoms with Crippen molar-refractivity contribution in [2.45, 2.75) is 30.7 Å². The van der Waals surface area contributed by atoms with Crippen LogP contribution in [0.3, 0.4) is 0 Å². The van der Waals surface area contributed by atoms with Crippen molar-refractivity contribution in [3.8, 4) is 0 Å². The zero-order chi connectivity index (χ0) is 15.7. The first-order chi connectivity index (χ1) is 10.5. The van der Waals surface area contributed by atoms with Crippen LogP contribution >= 0.6 is 0 Å². The summed E-state index contributed by atoms with van der Waals surface area (Å²) in [4.78, 5) is 8.86. The summed E-state index contributed by atoms with van der Waals surface area (Å²) in [7, 11) is -1.79. The van der Waals surface area contributed by atoms with Crippen LogP contribution in [0.4, 0.5) is 5.82 Å². The van der Waals surface area contributed by atoms with E-state index < -0.39 is 10.0 Å². The van der Waals surface area contributed by atoms with Crippen LogP contribution in [-0.2, 0) is 10.0 Å². The molecule has 0 bridgehead atoms. The number of aryl methyl sites for hydroxylation is 1. The Hall–Kier alpha value is -2.00. The summed E-state index contributed by atoms with van der Waals surface area (Å²) >= 11 is 0. The molecule has 0 aliphatic carbocycles. The second kappa shape index (κ2) is 5.65. The third kappa shape index (κ3) is 2.57. The molecule has 3 rings (SSSR count). The number of aromatic amines is 1. The van der Waals surface area contributed by atoms with Gasteiger partial charge in [0.2, 0.25) is 10.0 Å². The van der Waals surface area contributed by atoms with Crippen LogP contribution < -0.4 is 5.32 Å². The lowest BCUT2D eigenvalue weighted by Crippen LogP contribution is -2.31. The van der Waals surface area contributed by atoms with E-state index in [2.05, 4.69) is 25.5 Å². The number of H-pyrrole nitrogens is 1. The molecule has 1 saturated heterocycles. The normalized spacial score (nSPS) is 19.5. The average Bonchev–Trinajstić information content (AvgIpc) is 3.18. The molecule has 8 nitrogen and oxygen atoms in total. The van der Waals surface area contributed by atoms with Crippen LogP contribution in [-0.4, -0.2) is 46.5 Å². The Balaban J connectivity index is 1.99. The summed E-state index contributed by atoms with van der Waals surface area (Å²) < 4.78 is 27.0. The highest BCUT2D eigenvalue weighted by molar-refractivity contribution is 7.89. The van der Waals surface area contributed by atoms with Gasteiger partial charge in [-0.3, -0.25) is 5.10 Å². The largest absolute Gasteiger partial charge is 0.373 e. The van der Waals surface area contributed by atoms with Crippen LogP contribution in [0.15, 0.2) is 23.4 Å². The summed E-state index contributed by atoms with van der Waals surface area (Å²) in [6.45, 7) is 2.28. The van der Waals surface area contributed by atoms with Gasteiger partial charge in [-0.25, -0.2) is 18.4 Å². The molecule has 0 amide bonds. The second-order valence-corrected chi connectivity index (χ2v) is 7.07. The molecule has 2 aromatic rings. The van der Waals surface area contributed by atoms with Gasteiger partial charge in [-0.2, -0.15) is 9.40 Å². The molecule has 22 heavy (non-hydrogen) atoms. The SMILES string of the molecule is CNc1cc([C@@H]2CCCN2S(=O)(=O)c2cn[nH]c2)nc(C)n1. The fraction of sp³-hybridized carbons (Fsp3) is 0.462. The lowest BCUT2D eigenvalue weighted by Gasteiger charge is -2.23. The Morgan fingerprint density at radius 1 is 1.41 bits per heavy atom. The fourth-order valence-electron chi connectivity index (χ4n) is 2.73. The Labute approximate surface area is 129 Å². The van der Waals surface area contributed by atoms with Crippen molar-refractivity contribution in [2.75, 3.05) is 18.9 Å². The van der Waals surface area contributed by atoms with Gasteiger partial charge in [0.15, 0.2) is 0 Å².